The third-order valence-electron chi connectivity index (χ3n) is 11.1. The summed E-state index contributed by atoms with van der Waals surface area (Å²) in [6, 6.07) is 2.48. The van der Waals surface area contributed by atoms with Crippen molar-refractivity contribution in [3.05, 3.63) is 29.6 Å². The van der Waals surface area contributed by atoms with E-state index in [1.54, 1.807) is 11.1 Å². The van der Waals surface area contributed by atoms with Crippen LogP contribution in [0.5, 0.6) is 0 Å². The third kappa shape index (κ3) is 30.0. The van der Waals surface area contributed by atoms with Crippen LogP contribution < -0.4 is 4.57 Å². The molecule has 48 heavy (non-hydrogen) atoms. The number of unbranched alkanes of at least 4 members (excludes halogenated alkanes) is 33. The van der Waals surface area contributed by atoms with E-state index in [0.717, 1.165) is 0 Å². The molecule has 1 nitrogen and oxygen atoms in total. The lowest BCUT2D eigenvalue weighted by molar-refractivity contribution is -0.697. The molecule has 0 saturated heterocycles. The lowest BCUT2D eigenvalue weighted by Gasteiger charge is -2.09. The minimum Gasteiger partial charge on any atom is -0.205 e. The molecule has 0 radical (unpaired) electrons. The molecule has 1 heteroatoms. The van der Waals surface area contributed by atoms with Gasteiger partial charge in [0.15, 0.2) is 12.4 Å². The smallest absolute Gasteiger partial charge is 0.172 e. The molecule has 1 rings (SSSR count). The van der Waals surface area contributed by atoms with E-state index in [0.29, 0.717) is 0 Å². The van der Waals surface area contributed by atoms with Crippen LogP contribution in [-0.4, -0.2) is 0 Å². The highest BCUT2D eigenvalue weighted by Gasteiger charge is 2.10. The van der Waals surface area contributed by atoms with Crippen molar-refractivity contribution in [3.8, 4) is 0 Å². The average molecular weight is 669 g/mol. The van der Waals surface area contributed by atoms with Crippen LogP contribution in [0.15, 0.2) is 18.5 Å². The van der Waals surface area contributed by atoms with Crippen molar-refractivity contribution in [3.63, 3.8) is 0 Å². The first-order valence-electron chi connectivity index (χ1n) is 22.8. The van der Waals surface area contributed by atoms with E-state index in [9.17, 15) is 0 Å². The third-order valence-corrected chi connectivity index (χ3v) is 11.1. The minimum absolute atomic E-state index is 1.18. The highest BCUT2D eigenvalue weighted by molar-refractivity contribution is 5.21. The fraction of sp³-hybridized carbons (Fsp3) is 0.894. The van der Waals surface area contributed by atoms with Crippen LogP contribution in [0.3, 0.4) is 0 Å². The molecule has 1 aromatic rings. The number of aromatic nitrogens is 1. The summed E-state index contributed by atoms with van der Waals surface area (Å²) in [5.41, 5.74) is 3.31. The Kier molecular flexibility index (Phi) is 35.2. The fourth-order valence-corrected chi connectivity index (χ4v) is 7.65. The van der Waals surface area contributed by atoms with Crippen LogP contribution >= 0.6 is 0 Å². The van der Waals surface area contributed by atoms with Gasteiger partial charge in [-0.1, -0.05) is 233 Å². The Morgan fingerprint density at radius 2 is 0.583 bits per heavy atom. The molecule has 0 atom stereocenters. The van der Waals surface area contributed by atoms with Crippen LogP contribution in [0.4, 0.5) is 0 Å². The van der Waals surface area contributed by atoms with Gasteiger partial charge >= 0.3 is 0 Å². The van der Waals surface area contributed by atoms with Gasteiger partial charge in [0.25, 0.3) is 0 Å². The molecule has 0 bridgehead atoms. The van der Waals surface area contributed by atoms with Gasteiger partial charge in [0.1, 0.15) is 6.54 Å². The summed E-state index contributed by atoms with van der Waals surface area (Å²) in [6.45, 7) is 8.12. The normalized spacial score (nSPS) is 11.6. The molecule has 0 saturated carbocycles. The molecule has 282 valence electrons. The van der Waals surface area contributed by atoms with Gasteiger partial charge < -0.3 is 0 Å². The summed E-state index contributed by atoms with van der Waals surface area (Å²) in [5, 5.41) is 0. The minimum atomic E-state index is 1.18. The van der Waals surface area contributed by atoms with Crippen LogP contribution in [0.2, 0.25) is 0 Å². The summed E-state index contributed by atoms with van der Waals surface area (Å²) in [7, 11) is 0. The molecule has 0 N–H and O–H groups in total. The summed E-state index contributed by atoms with van der Waals surface area (Å²) in [4.78, 5) is 0. The molecule has 0 amide bonds. The summed E-state index contributed by atoms with van der Waals surface area (Å²) >= 11 is 0. The summed E-state index contributed by atoms with van der Waals surface area (Å²) in [5.74, 6) is 0. The largest absolute Gasteiger partial charge is 0.205 e. The molecule has 0 aliphatic heterocycles. The van der Waals surface area contributed by atoms with Gasteiger partial charge in [-0.25, -0.2) is 4.57 Å². The van der Waals surface area contributed by atoms with Gasteiger partial charge in [-0.2, -0.15) is 0 Å². The fourth-order valence-electron chi connectivity index (χ4n) is 7.65. The maximum atomic E-state index is 2.52. The SMILES string of the molecule is CCCCCCCCCCCCCCCCCCCc1cc[n+](CCCC)cc1CCCCCCCCCCCCCCCCCCC. The quantitative estimate of drug-likeness (QED) is 0.0485. The Morgan fingerprint density at radius 3 is 0.896 bits per heavy atom. The van der Waals surface area contributed by atoms with Crippen molar-refractivity contribution < 1.29 is 4.57 Å². The van der Waals surface area contributed by atoms with Crippen LogP contribution in [-0.2, 0) is 19.4 Å². The summed E-state index contributed by atoms with van der Waals surface area (Å²) < 4.78 is 2.48. The van der Waals surface area contributed by atoms with Crippen molar-refractivity contribution in [1.29, 1.82) is 0 Å². The van der Waals surface area contributed by atoms with Crippen molar-refractivity contribution in [2.75, 3.05) is 0 Å². The Hall–Kier alpha value is -0.850. The number of rotatable bonds is 39. The second kappa shape index (κ2) is 37.4. The molecule has 1 aromatic heterocycles. The van der Waals surface area contributed by atoms with Gasteiger partial charge in [0.2, 0.25) is 0 Å². The maximum Gasteiger partial charge on any atom is 0.172 e. The van der Waals surface area contributed by atoms with E-state index < -0.39 is 0 Å². The van der Waals surface area contributed by atoms with Gasteiger partial charge in [-0.15, -0.1) is 0 Å². The Bertz CT molecular complexity index is 753. The zero-order valence-electron chi connectivity index (χ0n) is 33.8. The molecule has 0 unspecified atom stereocenters. The van der Waals surface area contributed by atoms with Crippen molar-refractivity contribution >= 4 is 0 Å². The lowest BCUT2D eigenvalue weighted by atomic mass is 9.97. The van der Waals surface area contributed by atoms with Crippen LogP contribution in [0.25, 0.3) is 0 Å². The van der Waals surface area contributed by atoms with Crippen LogP contribution in [0.1, 0.15) is 263 Å². The van der Waals surface area contributed by atoms with E-state index in [2.05, 4.69) is 43.8 Å². The van der Waals surface area contributed by atoms with Crippen LogP contribution in [0, 0.1) is 0 Å². The average Bonchev–Trinajstić information content (AvgIpc) is 3.10. The van der Waals surface area contributed by atoms with E-state index in [-0.39, 0.29) is 0 Å². The Morgan fingerprint density at radius 1 is 0.312 bits per heavy atom. The Balaban J connectivity index is 2.07. The first kappa shape index (κ1) is 45.2. The number of hydrogen-bond donors (Lipinski definition) is 0. The number of hydrogen-bond acceptors (Lipinski definition) is 0. The highest BCUT2D eigenvalue weighted by atomic mass is 14.9. The molecule has 0 fully saturated rings. The standard InChI is InChI=1S/C47H90N/c1-4-7-10-12-14-16-18-20-22-24-26-28-30-32-34-36-38-40-46-42-44-48(43-9-6-3)45-47(46)41-39-37-35-33-31-29-27-25-23-21-19-17-15-13-11-8-5-2/h42,44-45H,4-41,43H2,1-3H3/q+1. The molecule has 0 aliphatic rings. The predicted octanol–water partition coefficient (Wildman–Crippen LogP) is 16.2. The Labute approximate surface area is 304 Å². The van der Waals surface area contributed by atoms with E-state index in [1.165, 1.54) is 251 Å². The molecular weight excluding hydrogens is 579 g/mol. The second-order valence-electron chi connectivity index (χ2n) is 15.9. The first-order chi connectivity index (χ1) is 23.8. The van der Waals surface area contributed by atoms with Gasteiger partial charge in [-0.05, 0) is 31.2 Å². The van der Waals surface area contributed by atoms with Gasteiger partial charge in [-0.3, -0.25) is 0 Å². The van der Waals surface area contributed by atoms with Crippen molar-refractivity contribution in [2.45, 2.75) is 271 Å². The molecule has 0 aliphatic carbocycles. The van der Waals surface area contributed by atoms with E-state index in [1.807, 2.05) is 0 Å². The van der Waals surface area contributed by atoms with Gasteiger partial charge in [0, 0.05) is 18.1 Å². The highest BCUT2D eigenvalue weighted by Crippen LogP contribution is 2.19. The monoisotopic (exact) mass is 669 g/mol. The number of nitrogens with zero attached hydrogens (tertiary/aromatic N) is 1. The predicted molar refractivity (Wildman–Crippen MR) is 217 cm³/mol. The zero-order chi connectivity index (χ0) is 34.4. The number of pyridine rings is 1. The molecule has 0 aromatic carbocycles. The maximum absolute atomic E-state index is 2.52. The second-order valence-corrected chi connectivity index (χ2v) is 15.9. The topological polar surface area (TPSA) is 3.88 Å². The van der Waals surface area contributed by atoms with Gasteiger partial charge in [0.05, 0.1) is 0 Å². The molecular formula is C47H90N+. The molecule has 0 spiro atoms. The lowest BCUT2D eigenvalue weighted by Crippen LogP contribution is -2.33. The van der Waals surface area contributed by atoms with Crippen molar-refractivity contribution in [1.82, 2.24) is 0 Å². The van der Waals surface area contributed by atoms with E-state index >= 15 is 0 Å². The first-order valence-corrected chi connectivity index (χ1v) is 22.8. The molecule has 1 heterocycles. The van der Waals surface area contributed by atoms with E-state index in [4.69, 9.17) is 0 Å². The summed E-state index contributed by atoms with van der Waals surface area (Å²) in [6.07, 6.45) is 59.5. The number of aryl methyl sites for hydroxylation is 3. The zero-order valence-corrected chi connectivity index (χ0v) is 33.8. The van der Waals surface area contributed by atoms with Crippen molar-refractivity contribution in [2.24, 2.45) is 0 Å².